The average Bonchev–Trinajstić information content (AvgIpc) is 3.79. The summed E-state index contributed by atoms with van der Waals surface area (Å²) in [6, 6.07) is -8.05. The quantitative estimate of drug-likeness (QED) is 0.0802. The predicted molar refractivity (Wildman–Crippen MR) is 185 cm³/mol. The number of nitrogens with two attached hydrogens (primary N) is 1. The minimum atomic E-state index is -1.52. The van der Waals surface area contributed by atoms with Crippen molar-refractivity contribution in [2.75, 3.05) is 19.7 Å². The Hall–Kier alpha value is -3.83. The van der Waals surface area contributed by atoms with E-state index in [1.165, 1.54) is 16.7 Å². The maximum absolute atomic E-state index is 13.8. The Kier molecular flexibility index (Phi) is 16.7. The molecule has 2 rings (SSSR count). The number of hydrogen-bond donors (Lipinski definition) is 8. The van der Waals surface area contributed by atoms with Crippen LogP contribution in [0.4, 0.5) is 0 Å². The molecule has 2 fully saturated rings. The number of aliphatic hydroxyl groups excluding tert-OH is 2. The Morgan fingerprint density at radius 1 is 0.686 bits per heavy atom. The number of amides is 6. The van der Waals surface area contributed by atoms with E-state index in [2.05, 4.69) is 21.3 Å². The van der Waals surface area contributed by atoms with Crippen LogP contribution in [0.3, 0.4) is 0 Å². The van der Waals surface area contributed by atoms with Crippen molar-refractivity contribution >= 4 is 41.4 Å². The van der Waals surface area contributed by atoms with Crippen molar-refractivity contribution in [3.05, 3.63) is 0 Å². The fourth-order valence-electron chi connectivity index (χ4n) is 6.33. The van der Waals surface area contributed by atoms with Crippen molar-refractivity contribution < 1.29 is 48.9 Å². The van der Waals surface area contributed by atoms with Gasteiger partial charge in [-0.15, -0.1) is 0 Å². The smallest absolute Gasteiger partial charge is 0.326 e. The van der Waals surface area contributed by atoms with Gasteiger partial charge in [0.2, 0.25) is 35.4 Å². The highest BCUT2D eigenvalue weighted by Crippen LogP contribution is 2.23. The van der Waals surface area contributed by atoms with Gasteiger partial charge in [0.25, 0.3) is 0 Å². The summed E-state index contributed by atoms with van der Waals surface area (Å²) >= 11 is 0. The summed E-state index contributed by atoms with van der Waals surface area (Å²) in [5, 5.41) is 40.0. The molecule has 2 saturated heterocycles. The van der Waals surface area contributed by atoms with Gasteiger partial charge in [0.1, 0.15) is 42.3 Å². The van der Waals surface area contributed by atoms with Gasteiger partial charge < -0.3 is 52.1 Å². The molecule has 0 aromatic heterocycles. The fourth-order valence-corrected chi connectivity index (χ4v) is 6.33. The van der Waals surface area contributed by atoms with Gasteiger partial charge in [-0.2, -0.15) is 0 Å². The summed E-state index contributed by atoms with van der Waals surface area (Å²) in [4.78, 5) is 94.9. The van der Waals surface area contributed by atoms with E-state index in [1.807, 2.05) is 6.92 Å². The van der Waals surface area contributed by atoms with Gasteiger partial charge in [0.05, 0.1) is 12.7 Å². The molecule has 2 heterocycles. The van der Waals surface area contributed by atoms with Crippen LogP contribution in [0.2, 0.25) is 0 Å². The first kappa shape index (κ1) is 43.3. The molecule has 290 valence electrons. The second kappa shape index (κ2) is 19.7. The van der Waals surface area contributed by atoms with Crippen molar-refractivity contribution in [2.45, 2.75) is 135 Å². The van der Waals surface area contributed by atoms with Crippen molar-refractivity contribution in [3.63, 3.8) is 0 Å². The van der Waals surface area contributed by atoms with Crippen LogP contribution in [0, 0.1) is 17.8 Å². The van der Waals surface area contributed by atoms with E-state index in [9.17, 15) is 48.9 Å². The molecule has 9 N–H and O–H groups in total. The zero-order valence-corrected chi connectivity index (χ0v) is 30.9. The Morgan fingerprint density at radius 3 is 1.63 bits per heavy atom. The molecule has 51 heavy (non-hydrogen) atoms. The van der Waals surface area contributed by atoms with E-state index in [0.29, 0.717) is 32.1 Å². The highest BCUT2D eigenvalue weighted by molar-refractivity contribution is 5.97. The lowest BCUT2D eigenvalue weighted by atomic mass is 9.94. The average molecular weight is 726 g/mol. The number of rotatable bonds is 18. The Labute approximate surface area is 299 Å². The summed E-state index contributed by atoms with van der Waals surface area (Å²) in [5.74, 6) is -6.35. The first-order valence-corrected chi connectivity index (χ1v) is 18.0. The van der Waals surface area contributed by atoms with Crippen LogP contribution in [0.15, 0.2) is 0 Å². The summed E-state index contributed by atoms with van der Waals surface area (Å²) in [7, 11) is 0. The van der Waals surface area contributed by atoms with Crippen LogP contribution in [-0.2, 0) is 33.6 Å². The van der Waals surface area contributed by atoms with E-state index in [1.54, 1.807) is 34.6 Å². The van der Waals surface area contributed by atoms with E-state index in [0.717, 1.165) is 0 Å². The highest BCUT2D eigenvalue weighted by Gasteiger charge is 2.43. The summed E-state index contributed by atoms with van der Waals surface area (Å²) in [6.45, 7) is 11.7. The predicted octanol–water partition coefficient (Wildman–Crippen LogP) is -1.56. The maximum atomic E-state index is 13.8. The summed E-state index contributed by atoms with van der Waals surface area (Å²) < 4.78 is 0. The first-order chi connectivity index (χ1) is 23.9. The lowest BCUT2D eigenvalue weighted by molar-refractivity contribution is -0.150. The number of likely N-dealkylation sites (tertiary alicyclic amines) is 2. The number of carboxylic acids is 1. The molecule has 0 radical (unpaired) electrons. The zero-order chi connectivity index (χ0) is 38.7. The number of carbonyl (C=O) groups excluding carboxylic acids is 6. The molecule has 2 aliphatic rings. The van der Waals surface area contributed by atoms with Gasteiger partial charge in [0, 0.05) is 13.1 Å². The van der Waals surface area contributed by atoms with Crippen LogP contribution in [0.1, 0.15) is 87.0 Å². The van der Waals surface area contributed by atoms with Crippen LogP contribution in [0.5, 0.6) is 0 Å². The largest absolute Gasteiger partial charge is 0.480 e. The molecule has 2 aliphatic heterocycles. The molecule has 10 atom stereocenters. The van der Waals surface area contributed by atoms with Crippen LogP contribution >= 0.6 is 0 Å². The van der Waals surface area contributed by atoms with Crippen molar-refractivity contribution in [1.82, 2.24) is 31.1 Å². The monoisotopic (exact) mass is 725 g/mol. The maximum Gasteiger partial charge on any atom is 0.326 e. The van der Waals surface area contributed by atoms with Crippen LogP contribution in [0.25, 0.3) is 0 Å². The van der Waals surface area contributed by atoms with Gasteiger partial charge in [0.15, 0.2) is 0 Å². The second-order valence-electron chi connectivity index (χ2n) is 14.2. The standard InChI is InChI=1S/C34H59N7O10/c1-8-18(5)25(30(46)38-26(19(6)9-2)33(49)41-15-11-13-23(41)34(50)51)37-31(47)27(20(7)43)39-29(45)22-12-10-14-40(22)32(48)24(17(3)4)36-28(44)21(35)16-42/h17-27,42-43H,8-16,35H2,1-7H3,(H,36,44)(H,37,47)(H,38,46)(H,39,45)(H,50,51)/t18-,19-,20+,21-,22-,23-,24-,25-,26-,27-/m0/s1. The lowest BCUT2D eigenvalue weighted by Crippen LogP contribution is -2.63. The minimum absolute atomic E-state index is 0.199. The number of aliphatic hydroxyl groups is 2. The topological polar surface area (TPSA) is 261 Å². The van der Waals surface area contributed by atoms with Gasteiger partial charge in [-0.05, 0) is 50.4 Å². The van der Waals surface area contributed by atoms with Crippen molar-refractivity contribution in [2.24, 2.45) is 23.5 Å². The number of carboxylic acid groups (broad SMARTS) is 1. The number of hydrogen-bond acceptors (Lipinski definition) is 10. The third-order valence-corrected chi connectivity index (χ3v) is 10.1. The van der Waals surface area contributed by atoms with Gasteiger partial charge in [-0.25, -0.2) is 4.79 Å². The van der Waals surface area contributed by atoms with E-state index in [-0.39, 0.29) is 31.3 Å². The summed E-state index contributed by atoms with van der Waals surface area (Å²) in [6.07, 6.45) is 1.06. The molecule has 17 heteroatoms. The Bertz CT molecular complexity index is 1260. The molecule has 0 bridgehead atoms. The second-order valence-corrected chi connectivity index (χ2v) is 14.2. The van der Waals surface area contributed by atoms with Gasteiger partial charge in [-0.1, -0.05) is 54.4 Å². The lowest BCUT2D eigenvalue weighted by Gasteiger charge is -2.33. The number of nitrogens with one attached hydrogen (secondary N) is 4. The normalized spacial score (nSPS) is 22.2. The molecule has 0 saturated carbocycles. The summed E-state index contributed by atoms with van der Waals surface area (Å²) in [5.41, 5.74) is 5.61. The van der Waals surface area contributed by atoms with E-state index >= 15 is 0 Å². The van der Waals surface area contributed by atoms with Gasteiger partial charge >= 0.3 is 5.97 Å². The van der Waals surface area contributed by atoms with Crippen molar-refractivity contribution in [1.29, 1.82) is 0 Å². The van der Waals surface area contributed by atoms with Crippen LogP contribution in [-0.4, -0.2) is 135 Å². The van der Waals surface area contributed by atoms with Crippen LogP contribution < -0.4 is 27.0 Å². The van der Waals surface area contributed by atoms with E-state index < -0.39 is 102 Å². The zero-order valence-electron chi connectivity index (χ0n) is 30.9. The molecular formula is C34H59N7O10. The highest BCUT2D eigenvalue weighted by atomic mass is 16.4. The molecule has 0 aliphatic carbocycles. The Balaban J connectivity index is 2.25. The molecule has 0 aromatic carbocycles. The molecule has 0 spiro atoms. The molecule has 17 nitrogen and oxygen atoms in total. The number of aliphatic carboxylic acids is 1. The molecule has 6 amide bonds. The third kappa shape index (κ3) is 11.1. The molecule has 0 aromatic rings. The molecular weight excluding hydrogens is 666 g/mol. The van der Waals surface area contributed by atoms with Gasteiger partial charge in [-0.3, -0.25) is 28.8 Å². The van der Waals surface area contributed by atoms with Crippen molar-refractivity contribution in [3.8, 4) is 0 Å². The Morgan fingerprint density at radius 2 is 1.14 bits per heavy atom. The third-order valence-electron chi connectivity index (χ3n) is 10.1. The molecule has 0 unspecified atom stereocenters. The SMILES string of the molecule is CC[C@H](C)[C@H](NC(=O)[C@@H](NC(=O)[C@@H]1CCCN1C(=O)[C@@H](NC(=O)[C@@H](N)CO)C(C)C)[C@@H](C)O)C(=O)N[C@H](C(=O)N1CCC[C@H]1C(=O)O)[C@@H](C)CC. The minimum Gasteiger partial charge on any atom is -0.480 e. The fraction of sp³-hybridized carbons (Fsp3) is 0.794. The first-order valence-electron chi connectivity index (χ1n) is 18.0. The van der Waals surface area contributed by atoms with E-state index in [4.69, 9.17) is 5.73 Å². The number of nitrogens with zero attached hydrogens (tertiary/aromatic N) is 2. The number of carbonyl (C=O) groups is 7.